The molecule has 2 heterocycles. The van der Waals surface area contributed by atoms with Gasteiger partial charge in [-0.3, -0.25) is 0 Å². The molecule has 1 aliphatic rings. The van der Waals surface area contributed by atoms with Crippen molar-refractivity contribution in [3.63, 3.8) is 0 Å². The second kappa shape index (κ2) is 3.19. The first-order chi connectivity index (χ1) is 7.64. The van der Waals surface area contributed by atoms with E-state index in [0.29, 0.717) is 0 Å². The zero-order valence-electron chi connectivity index (χ0n) is 9.35. The first-order valence-corrected chi connectivity index (χ1v) is 5.54. The van der Waals surface area contributed by atoms with E-state index in [-0.39, 0.29) is 5.54 Å². The quantitative estimate of drug-likeness (QED) is 0.785. The van der Waals surface area contributed by atoms with E-state index in [0.717, 1.165) is 24.4 Å². The molecule has 0 bridgehead atoms. The molecule has 0 spiro atoms. The van der Waals surface area contributed by atoms with Crippen molar-refractivity contribution in [2.24, 2.45) is 5.73 Å². The number of hydrogen-bond acceptors (Lipinski definition) is 3. The fraction of sp³-hybridized carbons (Fsp3) is 0.308. The van der Waals surface area contributed by atoms with E-state index in [1.165, 1.54) is 5.39 Å². The van der Waals surface area contributed by atoms with Gasteiger partial charge in [0.05, 0.1) is 5.52 Å². The number of nitrogens with two attached hydrogens (primary N) is 1. The van der Waals surface area contributed by atoms with Gasteiger partial charge in [0.2, 0.25) is 0 Å². The Hall–Kier alpha value is -1.61. The zero-order chi connectivity index (χ0) is 11.2. The van der Waals surface area contributed by atoms with Crippen LogP contribution in [0.25, 0.3) is 10.9 Å². The minimum absolute atomic E-state index is 0.0483. The molecule has 16 heavy (non-hydrogen) atoms. The van der Waals surface area contributed by atoms with E-state index < -0.39 is 0 Å². The summed E-state index contributed by atoms with van der Waals surface area (Å²) < 4.78 is 0. The molecule has 1 aliphatic heterocycles. The van der Waals surface area contributed by atoms with Crippen molar-refractivity contribution in [1.82, 2.24) is 4.98 Å². The molecule has 1 aromatic heterocycles. The molecule has 1 aromatic carbocycles. The summed E-state index contributed by atoms with van der Waals surface area (Å²) >= 11 is 0. The summed E-state index contributed by atoms with van der Waals surface area (Å²) in [5.41, 5.74) is 6.99. The van der Waals surface area contributed by atoms with Crippen LogP contribution in [0.5, 0.6) is 0 Å². The smallest absolute Gasteiger partial charge is 0.129 e. The lowest BCUT2D eigenvalue weighted by Gasteiger charge is -2.46. The summed E-state index contributed by atoms with van der Waals surface area (Å²) in [6.07, 6.45) is 0. The van der Waals surface area contributed by atoms with Gasteiger partial charge >= 0.3 is 0 Å². The third-order valence-corrected chi connectivity index (χ3v) is 3.01. The number of para-hydroxylation sites is 1. The standard InChI is InChI=1S/C13H15N3/c1-13(14)8-16(9-13)12-7-6-10-4-2-3-5-11(10)15-12/h2-7H,8-9,14H2,1H3. The number of anilines is 1. The van der Waals surface area contributed by atoms with Crippen molar-refractivity contribution in [2.75, 3.05) is 18.0 Å². The molecule has 0 radical (unpaired) electrons. The first kappa shape index (κ1) is 9.60. The van der Waals surface area contributed by atoms with Gasteiger partial charge in [-0.2, -0.15) is 0 Å². The van der Waals surface area contributed by atoms with E-state index in [1.54, 1.807) is 0 Å². The van der Waals surface area contributed by atoms with Gasteiger partial charge in [-0.15, -0.1) is 0 Å². The molecule has 2 aromatic rings. The maximum atomic E-state index is 5.99. The van der Waals surface area contributed by atoms with E-state index >= 15 is 0 Å². The number of aromatic nitrogens is 1. The van der Waals surface area contributed by atoms with Gasteiger partial charge in [0.25, 0.3) is 0 Å². The number of pyridine rings is 1. The van der Waals surface area contributed by atoms with Gasteiger partial charge in [-0.05, 0) is 25.1 Å². The molecule has 0 atom stereocenters. The summed E-state index contributed by atoms with van der Waals surface area (Å²) in [7, 11) is 0. The molecule has 0 saturated carbocycles. The molecular weight excluding hydrogens is 198 g/mol. The van der Waals surface area contributed by atoms with Crippen molar-refractivity contribution >= 4 is 16.7 Å². The Morgan fingerprint density at radius 1 is 1.19 bits per heavy atom. The van der Waals surface area contributed by atoms with Crippen LogP contribution in [0.1, 0.15) is 6.92 Å². The highest BCUT2D eigenvalue weighted by Crippen LogP contribution is 2.25. The number of hydrogen-bond donors (Lipinski definition) is 1. The molecule has 2 N–H and O–H groups in total. The third kappa shape index (κ3) is 1.53. The largest absolute Gasteiger partial charge is 0.353 e. The predicted octanol–water partition coefficient (Wildman–Crippen LogP) is 1.77. The van der Waals surface area contributed by atoms with Crippen LogP contribution in [0.4, 0.5) is 5.82 Å². The Kier molecular flexibility index (Phi) is 1.91. The van der Waals surface area contributed by atoms with E-state index in [4.69, 9.17) is 5.73 Å². The van der Waals surface area contributed by atoms with E-state index in [9.17, 15) is 0 Å². The average Bonchev–Trinajstić information content (AvgIpc) is 2.25. The lowest BCUT2D eigenvalue weighted by atomic mass is 9.94. The van der Waals surface area contributed by atoms with Gasteiger partial charge in [0.1, 0.15) is 5.82 Å². The van der Waals surface area contributed by atoms with Crippen molar-refractivity contribution in [3.8, 4) is 0 Å². The number of rotatable bonds is 1. The van der Waals surface area contributed by atoms with Crippen LogP contribution >= 0.6 is 0 Å². The summed E-state index contributed by atoms with van der Waals surface area (Å²) in [4.78, 5) is 6.85. The normalized spacial score (nSPS) is 18.5. The molecule has 82 valence electrons. The minimum Gasteiger partial charge on any atom is -0.353 e. The van der Waals surface area contributed by atoms with Gasteiger partial charge in [-0.25, -0.2) is 4.98 Å². The number of nitrogens with zero attached hydrogens (tertiary/aromatic N) is 2. The molecule has 1 fully saturated rings. The second-order valence-electron chi connectivity index (χ2n) is 4.87. The SMILES string of the molecule is CC1(N)CN(c2ccc3ccccc3n2)C1. The maximum absolute atomic E-state index is 5.99. The Labute approximate surface area is 94.9 Å². The zero-order valence-corrected chi connectivity index (χ0v) is 9.35. The van der Waals surface area contributed by atoms with Gasteiger partial charge in [0, 0.05) is 24.0 Å². The molecule has 1 saturated heterocycles. The van der Waals surface area contributed by atoms with Crippen LogP contribution in [-0.2, 0) is 0 Å². The number of benzene rings is 1. The molecule has 3 rings (SSSR count). The molecule has 3 heteroatoms. The van der Waals surface area contributed by atoms with Crippen molar-refractivity contribution in [1.29, 1.82) is 0 Å². The Morgan fingerprint density at radius 3 is 2.69 bits per heavy atom. The Morgan fingerprint density at radius 2 is 1.94 bits per heavy atom. The average molecular weight is 213 g/mol. The highest BCUT2D eigenvalue weighted by molar-refractivity contribution is 5.80. The van der Waals surface area contributed by atoms with E-state index in [1.807, 2.05) is 18.2 Å². The minimum atomic E-state index is -0.0483. The monoisotopic (exact) mass is 213 g/mol. The van der Waals surface area contributed by atoms with Gasteiger partial charge in [-0.1, -0.05) is 18.2 Å². The maximum Gasteiger partial charge on any atom is 0.129 e. The van der Waals surface area contributed by atoms with Crippen LogP contribution < -0.4 is 10.6 Å². The second-order valence-corrected chi connectivity index (χ2v) is 4.87. The van der Waals surface area contributed by atoms with Crippen LogP contribution in [0.15, 0.2) is 36.4 Å². The first-order valence-electron chi connectivity index (χ1n) is 5.54. The highest BCUT2D eigenvalue weighted by atomic mass is 15.3. The Balaban J connectivity index is 1.94. The summed E-state index contributed by atoms with van der Waals surface area (Å²) in [5.74, 6) is 1.03. The molecular formula is C13H15N3. The molecule has 0 amide bonds. The molecule has 0 aliphatic carbocycles. The number of fused-ring (bicyclic) bond motifs is 1. The third-order valence-electron chi connectivity index (χ3n) is 3.01. The van der Waals surface area contributed by atoms with Crippen LogP contribution in [-0.4, -0.2) is 23.6 Å². The van der Waals surface area contributed by atoms with Gasteiger partial charge < -0.3 is 10.6 Å². The summed E-state index contributed by atoms with van der Waals surface area (Å²) in [5, 5.41) is 1.18. The molecule has 0 unspecified atom stereocenters. The van der Waals surface area contributed by atoms with Crippen LogP contribution in [0, 0.1) is 0 Å². The van der Waals surface area contributed by atoms with Gasteiger partial charge in [0.15, 0.2) is 0 Å². The van der Waals surface area contributed by atoms with Crippen LogP contribution in [0.2, 0.25) is 0 Å². The van der Waals surface area contributed by atoms with E-state index in [2.05, 4.69) is 35.0 Å². The van der Waals surface area contributed by atoms with Crippen molar-refractivity contribution < 1.29 is 0 Å². The summed E-state index contributed by atoms with van der Waals surface area (Å²) in [6.45, 7) is 3.85. The summed E-state index contributed by atoms with van der Waals surface area (Å²) in [6, 6.07) is 12.4. The highest BCUT2D eigenvalue weighted by Gasteiger charge is 2.35. The fourth-order valence-electron chi connectivity index (χ4n) is 2.22. The van der Waals surface area contributed by atoms with Crippen LogP contribution in [0.3, 0.4) is 0 Å². The predicted molar refractivity (Wildman–Crippen MR) is 66.5 cm³/mol. The van der Waals surface area contributed by atoms with Crippen molar-refractivity contribution in [3.05, 3.63) is 36.4 Å². The lowest BCUT2D eigenvalue weighted by Crippen LogP contribution is -2.65. The molecule has 3 nitrogen and oxygen atoms in total. The van der Waals surface area contributed by atoms with Crippen molar-refractivity contribution in [2.45, 2.75) is 12.5 Å². The fourth-order valence-corrected chi connectivity index (χ4v) is 2.22. The Bertz CT molecular complexity index is 525. The lowest BCUT2D eigenvalue weighted by molar-refractivity contribution is 0.363. The topological polar surface area (TPSA) is 42.1 Å².